The first-order valence-electron chi connectivity index (χ1n) is 13.1. The molecule has 5 rings (SSSR count). The molecule has 0 unspecified atom stereocenters. The van der Waals surface area contributed by atoms with Crippen molar-refractivity contribution < 1.29 is 14.4 Å². The van der Waals surface area contributed by atoms with Crippen LogP contribution in [-0.2, 0) is 33.8 Å². The van der Waals surface area contributed by atoms with E-state index in [1.54, 1.807) is 0 Å². The summed E-state index contributed by atoms with van der Waals surface area (Å²) in [5, 5.41) is 3.08. The molecule has 2 heterocycles. The molecule has 1 saturated carbocycles. The molecule has 3 aliphatic rings. The van der Waals surface area contributed by atoms with Gasteiger partial charge >= 0.3 is 0 Å². The van der Waals surface area contributed by atoms with Gasteiger partial charge in [0.1, 0.15) is 0 Å². The van der Waals surface area contributed by atoms with Gasteiger partial charge in [-0.25, -0.2) is 0 Å². The topological polar surface area (TPSA) is 69.7 Å². The minimum Gasteiger partial charge on any atom is -0.356 e. The molecule has 2 fully saturated rings. The zero-order valence-electron chi connectivity index (χ0n) is 20.3. The number of nitrogens with zero attached hydrogens (tertiary/aromatic N) is 2. The van der Waals surface area contributed by atoms with Crippen LogP contribution in [0.1, 0.15) is 48.8 Å². The van der Waals surface area contributed by atoms with Crippen molar-refractivity contribution in [3.05, 3.63) is 71.3 Å². The van der Waals surface area contributed by atoms with Crippen LogP contribution in [0.3, 0.4) is 0 Å². The van der Waals surface area contributed by atoms with Gasteiger partial charge in [-0.3, -0.25) is 14.4 Å². The van der Waals surface area contributed by atoms with Crippen molar-refractivity contribution in [2.45, 2.75) is 57.5 Å². The van der Waals surface area contributed by atoms with Crippen molar-refractivity contribution in [1.82, 2.24) is 15.1 Å². The molecule has 2 aromatic rings. The molecule has 1 aliphatic carbocycles. The van der Waals surface area contributed by atoms with Crippen molar-refractivity contribution >= 4 is 17.7 Å². The predicted octanol–water partition coefficient (Wildman–Crippen LogP) is 3.34. The Balaban J connectivity index is 1.35. The standard InChI is InChI=1S/C29H35N3O3/c33-27(17-21-9-3-1-4-10-21)32-15-8-2-7-14-30-28(34)25-18-24(19-26(25)32)29(35)31-16-13-22-11-5-6-12-23(22)20-31/h1,3-6,9-12,24-26H,2,7-8,13-20H2,(H,30,34)/t24-,25-,26+/m0/s1. The fraction of sp³-hybridized carbons (Fsp3) is 0.483. The van der Waals surface area contributed by atoms with E-state index in [1.807, 2.05) is 46.2 Å². The van der Waals surface area contributed by atoms with E-state index in [-0.39, 0.29) is 35.6 Å². The van der Waals surface area contributed by atoms with Gasteiger partial charge in [0.15, 0.2) is 0 Å². The molecule has 2 aliphatic heterocycles. The molecule has 1 saturated heterocycles. The lowest BCUT2D eigenvalue weighted by molar-refractivity contribution is -0.138. The van der Waals surface area contributed by atoms with E-state index in [0.717, 1.165) is 31.2 Å². The second-order valence-electron chi connectivity index (χ2n) is 10.2. The minimum atomic E-state index is -0.334. The largest absolute Gasteiger partial charge is 0.356 e. The lowest BCUT2D eigenvalue weighted by Gasteiger charge is -2.34. The summed E-state index contributed by atoms with van der Waals surface area (Å²) in [5.74, 6) is -0.383. The van der Waals surface area contributed by atoms with E-state index in [1.165, 1.54) is 11.1 Å². The normalized spacial score (nSPS) is 24.8. The summed E-state index contributed by atoms with van der Waals surface area (Å²) in [5.41, 5.74) is 3.50. The Bertz CT molecular complexity index is 1070. The molecule has 2 aromatic carbocycles. The van der Waals surface area contributed by atoms with Gasteiger partial charge in [0.25, 0.3) is 0 Å². The van der Waals surface area contributed by atoms with E-state index in [4.69, 9.17) is 0 Å². The Labute approximate surface area is 207 Å². The van der Waals surface area contributed by atoms with Crippen molar-refractivity contribution in [1.29, 1.82) is 0 Å². The van der Waals surface area contributed by atoms with Crippen molar-refractivity contribution in [2.24, 2.45) is 11.8 Å². The fourth-order valence-electron chi connectivity index (χ4n) is 6.06. The van der Waals surface area contributed by atoms with Crippen molar-refractivity contribution in [2.75, 3.05) is 19.6 Å². The van der Waals surface area contributed by atoms with Crippen LogP contribution >= 0.6 is 0 Å². The van der Waals surface area contributed by atoms with Crippen LogP contribution in [0.15, 0.2) is 54.6 Å². The van der Waals surface area contributed by atoms with Gasteiger partial charge in [0, 0.05) is 38.1 Å². The summed E-state index contributed by atoms with van der Waals surface area (Å²) in [4.78, 5) is 44.2. The van der Waals surface area contributed by atoms with Gasteiger partial charge in [-0.1, -0.05) is 54.6 Å². The molecular formula is C29H35N3O3. The molecule has 0 aromatic heterocycles. The molecule has 3 amide bonds. The number of benzene rings is 2. The highest BCUT2D eigenvalue weighted by Crippen LogP contribution is 2.38. The molecular weight excluding hydrogens is 438 g/mol. The van der Waals surface area contributed by atoms with E-state index in [9.17, 15) is 14.4 Å². The molecule has 0 spiro atoms. The first-order chi connectivity index (χ1) is 17.1. The Morgan fingerprint density at radius 3 is 2.49 bits per heavy atom. The van der Waals surface area contributed by atoms with Crippen LogP contribution in [0.5, 0.6) is 0 Å². The highest BCUT2D eigenvalue weighted by Gasteiger charge is 2.46. The van der Waals surface area contributed by atoms with Crippen molar-refractivity contribution in [3.8, 4) is 0 Å². The number of amides is 3. The predicted molar refractivity (Wildman–Crippen MR) is 134 cm³/mol. The number of rotatable bonds is 3. The number of carbonyl (C=O) groups is 3. The minimum absolute atomic E-state index is 0.00583. The Morgan fingerprint density at radius 2 is 1.66 bits per heavy atom. The van der Waals surface area contributed by atoms with Crippen LogP contribution in [0.2, 0.25) is 0 Å². The molecule has 35 heavy (non-hydrogen) atoms. The Morgan fingerprint density at radius 1 is 0.886 bits per heavy atom. The smallest absolute Gasteiger partial charge is 0.227 e. The quantitative estimate of drug-likeness (QED) is 0.744. The van der Waals surface area contributed by atoms with Gasteiger partial charge in [0.05, 0.1) is 12.3 Å². The first kappa shape index (κ1) is 23.6. The van der Waals surface area contributed by atoms with Crippen LogP contribution in [-0.4, -0.2) is 53.2 Å². The highest BCUT2D eigenvalue weighted by atomic mass is 16.2. The average Bonchev–Trinajstić information content (AvgIpc) is 3.33. The van der Waals surface area contributed by atoms with Gasteiger partial charge < -0.3 is 15.1 Å². The zero-order valence-corrected chi connectivity index (χ0v) is 20.3. The lowest BCUT2D eigenvalue weighted by Crippen LogP contribution is -2.48. The van der Waals surface area contributed by atoms with E-state index < -0.39 is 0 Å². The van der Waals surface area contributed by atoms with Crippen LogP contribution < -0.4 is 5.32 Å². The summed E-state index contributed by atoms with van der Waals surface area (Å²) < 4.78 is 0. The summed E-state index contributed by atoms with van der Waals surface area (Å²) in [6.07, 6.45) is 5.08. The highest BCUT2D eigenvalue weighted by molar-refractivity contribution is 5.86. The van der Waals surface area contributed by atoms with E-state index in [0.29, 0.717) is 45.4 Å². The Hall–Kier alpha value is -3.15. The third-order valence-corrected chi connectivity index (χ3v) is 7.95. The number of carbonyl (C=O) groups excluding carboxylic acids is 3. The lowest BCUT2D eigenvalue weighted by atomic mass is 9.97. The third-order valence-electron chi connectivity index (χ3n) is 7.95. The van der Waals surface area contributed by atoms with E-state index in [2.05, 4.69) is 23.5 Å². The maximum absolute atomic E-state index is 13.6. The molecule has 3 atom stereocenters. The fourth-order valence-corrected chi connectivity index (χ4v) is 6.06. The SMILES string of the molecule is O=C1NCCCCCN(C(=O)Cc2ccccc2)[C@@H]2C[C@@H](C(=O)N3CCc4ccccc4C3)C[C@H]12. The number of hydrogen-bond acceptors (Lipinski definition) is 3. The first-order valence-corrected chi connectivity index (χ1v) is 13.1. The summed E-state index contributed by atoms with van der Waals surface area (Å²) in [7, 11) is 0. The molecule has 1 N–H and O–H groups in total. The molecule has 6 nitrogen and oxygen atoms in total. The second kappa shape index (κ2) is 10.6. The van der Waals surface area contributed by atoms with Gasteiger partial charge in [0.2, 0.25) is 17.7 Å². The monoisotopic (exact) mass is 473 g/mol. The number of hydrogen-bond donors (Lipinski definition) is 1. The van der Waals surface area contributed by atoms with Crippen molar-refractivity contribution in [3.63, 3.8) is 0 Å². The van der Waals surface area contributed by atoms with Crippen LogP contribution in [0.25, 0.3) is 0 Å². The summed E-state index contributed by atoms with van der Waals surface area (Å²) in [6, 6.07) is 17.9. The number of fused-ring (bicyclic) bond motifs is 2. The molecule has 0 radical (unpaired) electrons. The van der Waals surface area contributed by atoms with Gasteiger partial charge in [-0.05, 0) is 55.2 Å². The number of nitrogens with one attached hydrogen (secondary N) is 1. The summed E-state index contributed by atoms with van der Waals surface area (Å²) >= 11 is 0. The average molecular weight is 474 g/mol. The van der Waals surface area contributed by atoms with Gasteiger partial charge in [-0.15, -0.1) is 0 Å². The molecule has 6 heteroatoms. The Kier molecular flexibility index (Phi) is 7.16. The maximum atomic E-state index is 13.6. The molecule has 184 valence electrons. The van der Waals surface area contributed by atoms with Crippen LogP contribution in [0, 0.1) is 11.8 Å². The third kappa shape index (κ3) is 5.26. The van der Waals surface area contributed by atoms with Crippen LogP contribution in [0.4, 0.5) is 0 Å². The van der Waals surface area contributed by atoms with E-state index >= 15 is 0 Å². The summed E-state index contributed by atoms with van der Waals surface area (Å²) in [6.45, 7) is 2.66. The maximum Gasteiger partial charge on any atom is 0.227 e. The molecule has 0 bridgehead atoms. The second-order valence-corrected chi connectivity index (χ2v) is 10.2. The zero-order chi connectivity index (χ0) is 24.2. The van der Waals surface area contributed by atoms with Gasteiger partial charge in [-0.2, -0.15) is 0 Å².